The highest BCUT2D eigenvalue weighted by atomic mass is 16.5. The topological polar surface area (TPSA) is 81.1 Å². The number of benzene rings is 1. The fourth-order valence-electron chi connectivity index (χ4n) is 2.75. The summed E-state index contributed by atoms with van der Waals surface area (Å²) < 4.78 is 16.2. The van der Waals surface area contributed by atoms with Crippen molar-refractivity contribution in [2.24, 2.45) is 0 Å². The van der Waals surface area contributed by atoms with Crippen LogP contribution in [-0.2, 0) is 4.74 Å². The number of pyridine rings is 1. The Kier molecular flexibility index (Phi) is 5.70. The lowest BCUT2D eigenvalue weighted by molar-refractivity contribution is -0.0621. The summed E-state index contributed by atoms with van der Waals surface area (Å²) in [4.78, 5) is 18.4. The third kappa shape index (κ3) is 4.50. The molecular weight excluding hydrogens is 336 g/mol. The number of ether oxygens (including phenoxy) is 3. The van der Waals surface area contributed by atoms with Gasteiger partial charge in [-0.2, -0.15) is 0 Å². The lowest BCUT2D eigenvalue weighted by Gasteiger charge is -2.30. The summed E-state index contributed by atoms with van der Waals surface area (Å²) in [6.45, 7) is 0.978. The van der Waals surface area contributed by atoms with Crippen molar-refractivity contribution in [1.29, 1.82) is 0 Å². The van der Waals surface area contributed by atoms with Gasteiger partial charge in [0.2, 0.25) is 5.88 Å². The van der Waals surface area contributed by atoms with Gasteiger partial charge >= 0.3 is 0 Å². The molecule has 0 unspecified atom stereocenters. The van der Waals surface area contributed by atoms with Gasteiger partial charge in [0.1, 0.15) is 18.0 Å². The number of carbonyl (C=O) groups excluding carboxylic acids is 1. The first kappa shape index (κ1) is 18.2. The predicted molar refractivity (Wildman–Crippen MR) is 94.4 cm³/mol. The highest BCUT2D eigenvalue weighted by Gasteiger charge is 2.35. The van der Waals surface area contributed by atoms with Crippen molar-refractivity contribution in [1.82, 2.24) is 9.88 Å². The minimum atomic E-state index is -1.29. The largest absolute Gasteiger partial charge is 0.490 e. The normalized spacial score (nSPS) is 20.3. The van der Waals surface area contributed by atoms with Crippen LogP contribution in [0.2, 0.25) is 0 Å². The minimum absolute atomic E-state index is 0.0282. The highest BCUT2D eigenvalue weighted by Crippen LogP contribution is 2.19. The van der Waals surface area contributed by atoms with E-state index in [2.05, 4.69) is 4.98 Å². The minimum Gasteiger partial charge on any atom is -0.490 e. The smallest absolute Gasteiger partial charge is 0.254 e. The monoisotopic (exact) mass is 358 g/mol. The lowest BCUT2D eigenvalue weighted by Crippen LogP contribution is -2.50. The molecule has 138 valence electrons. The number of hydrogen-bond acceptors (Lipinski definition) is 6. The molecule has 2 heterocycles. The first-order chi connectivity index (χ1) is 12.6. The Morgan fingerprint density at radius 2 is 2.15 bits per heavy atom. The van der Waals surface area contributed by atoms with Crippen molar-refractivity contribution in [2.75, 3.05) is 40.0 Å². The summed E-state index contributed by atoms with van der Waals surface area (Å²) in [6, 6.07) is 12.4. The third-order valence-corrected chi connectivity index (χ3v) is 4.09. The van der Waals surface area contributed by atoms with Crippen molar-refractivity contribution < 1.29 is 24.1 Å². The number of nitrogens with zero attached hydrogens (tertiary/aromatic N) is 2. The molecule has 3 rings (SSSR count). The molecule has 7 heteroatoms. The van der Waals surface area contributed by atoms with E-state index in [9.17, 15) is 9.90 Å². The number of amides is 1. The van der Waals surface area contributed by atoms with Crippen LogP contribution in [0, 0.1) is 0 Å². The van der Waals surface area contributed by atoms with Crippen LogP contribution in [0.3, 0.4) is 0 Å². The van der Waals surface area contributed by atoms with Gasteiger partial charge in [0, 0.05) is 24.4 Å². The van der Waals surface area contributed by atoms with Gasteiger partial charge in [-0.1, -0.05) is 18.2 Å². The maximum absolute atomic E-state index is 12.8. The lowest BCUT2D eigenvalue weighted by atomic mass is 10.1. The van der Waals surface area contributed by atoms with Crippen LogP contribution >= 0.6 is 0 Å². The van der Waals surface area contributed by atoms with E-state index in [0.717, 1.165) is 0 Å². The zero-order chi connectivity index (χ0) is 18.4. The molecule has 2 aromatic rings. The van der Waals surface area contributed by atoms with Crippen LogP contribution in [0.4, 0.5) is 0 Å². The van der Waals surface area contributed by atoms with Gasteiger partial charge in [0.05, 0.1) is 26.9 Å². The van der Waals surface area contributed by atoms with Crippen LogP contribution in [-0.4, -0.2) is 66.5 Å². The third-order valence-electron chi connectivity index (χ3n) is 4.09. The molecule has 1 atom stereocenters. The van der Waals surface area contributed by atoms with Crippen molar-refractivity contribution in [3.05, 3.63) is 54.2 Å². The van der Waals surface area contributed by atoms with Gasteiger partial charge in [-0.25, -0.2) is 4.98 Å². The van der Waals surface area contributed by atoms with E-state index in [1.807, 2.05) is 30.3 Å². The summed E-state index contributed by atoms with van der Waals surface area (Å²) in [7, 11) is 1.50. The molecule has 1 fully saturated rings. The quantitative estimate of drug-likeness (QED) is 0.870. The van der Waals surface area contributed by atoms with Gasteiger partial charge in [0.25, 0.3) is 5.91 Å². The molecule has 1 aliphatic heterocycles. The maximum Gasteiger partial charge on any atom is 0.254 e. The number of hydrogen-bond donors (Lipinski definition) is 1. The van der Waals surface area contributed by atoms with E-state index in [1.54, 1.807) is 17.0 Å². The Morgan fingerprint density at radius 1 is 1.35 bits per heavy atom. The molecule has 1 aromatic heterocycles. The summed E-state index contributed by atoms with van der Waals surface area (Å²) >= 11 is 0. The Labute approximate surface area is 152 Å². The second-order valence-corrected chi connectivity index (χ2v) is 6.19. The number of rotatable bonds is 5. The molecule has 7 nitrogen and oxygen atoms in total. The van der Waals surface area contributed by atoms with Gasteiger partial charge in [-0.15, -0.1) is 0 Å². The maximum atomic E-state index is 12.8. The number of aromatic nitrogens is 1. The first-order valence-electron chi connectivity index (χ1n) is 8.37. The van der Waals surface area contributed by atoms with E-state index < -0.39 is 5.60 Å². The van der Waals surface area contributed by atoms with Crippen molar-refractivity contribution in [3.63, 3.8) is 0 Å². The molecule has 1 N–H and O–H groups in total. The number of para-hydroxylation sites is 1. The zero-order valence-electron chi connectivity index (χ0n) is 14.6. The summed E-state index contributed by atoms with van der Waals surface area (Å²) in [5.41, 5.74) is -0.843. The fraction of sp³-hybridized carbons (Fsp3) is 0.368. The molecule has 0 spiro atoms. The Bertz CT molecular complexity index is 740. The van der Waals surface area contributed by atoms with Crippen LogP contribution in [0.1, 0.15) is 10.4 Å². The molecule has 1 aliphatic rings. The number of methoxy groups -OCH3 is 1. The van der Waals surface area contributed by atoms with E-state index in [4.69, 9.17) is 14.2 Å². The molecule has 1 amide bonds. The Balaban J connectivity index is 1.70. The van der Waals surface area contributed by atoms with Crippen LogP contribution in [0.25, 0.3) is 0 Å². The predicted octanol–water partition coefficient (Wildman–Crippen LogP) is 1.37. The van der Waals surface area contributed by atoms with Crippen LogP contribution in [0.5, 0.6) is 11.6 Å². The average Bonchev–Trinajstić information content (AvgIpc) is 2.89. The molecule has 0 radical (unpaired) electrons. The second kappa shape index (κ2) is 8.16. The van der Waals surface area contributed by atoms with Crippen molar-refractivity contribution in [3.8, 4) is 11.6 Å². The number of carbonyl (C=O) groups is 1. The summed E-state index contributed by atoms with van der Waals surface area (Å²) in [6.07, 6.45) is 1.52. The first-order valence-corrected chi connectivity index (χ1v) is 8.37. The van der Waals surface area contributed by atoms with Gasteiger partial charge in [-0.05, 0) is 18.2 Å². The summed E-state index contributed by atoms with van der Waals surface area (Å²) in [5, 5.41) is 10.9. The molecule has 26 heavy (non-hydrogen) atoms. The van der Waals surface area contributed by atoms with E-state index in [0.29, 0.717) is 30.3 Å². The van der Waals surface area contributed by atoms with Gasteiger partial charge < -0.3 is 24.2 Å². The Hall–Kier alpha value is -2.64. The van der Waals surface area contributed by atoms with E-state index in [-0.39, 0.29) is 25.7 Å². The van der Waals surface area contributed by atoms with Crippen molar-refractivity contribution >= 4 is 5.91 Å². The fourth-order valence-corrected chi connectivity index (χ4v) is 2.75. The molecule has 0 aliphatic carbocycles. The van der Waals surface area contributed by atoms with Gasteiger partial charge in [-0.3, -0.25) is 4.79 Å². The highest BCUT2D eigenvalue weighted by molar-refractivity contribution is 5.94. The number of aliphatic hydroxyl groups is 1. The van der Waals surface area contributed by atoms with E-state index in [1.165, 1.54) is 13.3 Å². The molecular formula is C19H22N2O5. The molecule has 1 saturated heterocycles. The SMILES string of the molecule is COc1cc(C(=O)N2CCOC[C@](O)(COc3ccccc3)C2)ccn1. The average molecular weight is 358 g/mol. The van der Waals surface area contributed by atoms with Crippen molar-refractivity contribution in [2.45, 2.75) is 5.60 Å². The summed E-state index contributed by atoms with van der Waals surface area (Å²) in [5.74, 6) is 0.806. The van der Waals surface area contributed by atoms with Crippen LogP contribution in [0.15, 0.2) is 48.7 Å². The standard InChI is InChI=1S/C19H22N2O5/c1-24-17-11-15(7-8-20-17)18(22)21-9-10-25-13-19(23,12-21)14-26-16-5-3-2-4-6-16/h2-8,11,23H,9-10,12-14H2,1H3/t19-/m0/s1. The number of β-amino-alcohol motifs (C(OH)–C–C–N with tert-alkyl or cyclic N) is 1. The second-order valence-electron chi connectivity index (χ2n) is 6.19. The molecule has 0 bridgehead atoms. The van der Waals surface area contributed by atoms with E-state index >= 15 is 0 Å². The van der Waals surface area contributed by atoms with Crippen LogP contribution < -0.4 is 9.47 Å². The molecule has 0 saturated carbocycles. The van der Waals surface area contributed by atoms with Gasteiger partial charge in [0.15, 0.2) is 0 Å². The zero-order valence-corrected chi connectivity index (χ0v) is 14.6. The Morgan fingerprint density at radius 3 is 2.92 bits per heavy atom. The molecule has 1 aromatic carbocycles.